The van der Waals surface area contributed by atoms with Gasteiger partial charge in [-0.15, -0.1) is 12.4 Å². The molecule has 1 aliphatic rings. The Morgan fingerprint density at radius 3 is 2.89 bits per heavy atom. The molecular weight excluding hydrogens is 252 g/mol. The molecule has 2 atom stereocenters. The topological polar surface area (TPSA) is 61.0 Å². The van der Waals surface area contributed by atoms with Crippen LogP contribution >= 0.6 is 12.4 Å². The van der Waals surface area contributed by atoms with Crippen molar-refractivity contribution in [1.82, 2.24) is 20.4 Å². The maximum absolute atomic E-state index is 12.2. The summed E-state index contributed by atoms with van der Waals surface area (Å²) >= 11 is 0. The Balaban J connectivity index is 0.00000162. The van der Waals surface area contributed by atoms with Gasteiger partial charge in [0.05, 0.1) is 12.1 Å². The molecule has 0 aliphatic carbocycles. The number of piperazine rings is 1. The number of nitrogens with one attached hydrogen (secondary N) is 2. The number of carbonyl (C=O) groups is 1. The maximum Gasteiger partial charge on any atom is 0.228 e. The highest BCUT2D eigenvalue weighted by molar-refractivity contribution is 5.85. The molecule has 2 heterocycles. The molecule has 1 fully saturated rings. The van der Waals surface area contributed by atoms with Crippen molar-refractivity contribution in [3.8, 4) is 0 Å². The Morgan fingerprint density at radius 2 is 2.28 bits per heavy atom. The number of aromatic amines is 1. The molecule has 5 nitrogen and oxygen atoms in total. The normalized spacial score (nSPS) is 23.6. The molecule has 0 radical (unpaired) electrons. The zero-order chi connectivity index (χ0) is 12.4. The molecule has 102 valence electrons. The Morgan fingerprint density at radius 1 is 1.56 bits per heavy atom. The van der Waals surface area contributed by atoms with Crippen LogP contribution in [0, 0.1) is 6.92 Å². The fraction of sp³-hybridized carbons (Fsp3) is 0.667. The number of hydrogen-bond donors (Lipinski definition) is 2. The number of amides is 1. The molecule has 1 aliphatic heterocycles. The number of aryl methyl sites for hydroxylation is 1. The van der Waals surface area contributed by atoms with Crippen molar-refractivity contribution in [2.45, 2.75) is 39.3 Å². The summed E-state index contributed by atoms with van der Waals surface area (Å²) in [5.41, 5.74) is 1.82. The minimum Gasteiger partial charge on any atom is -0.337 e. The van der Waals surface area contributed by atoms with Crippen molar-refractivity contribution in [3.63, 3.8) is 0 Å². The zero-order valence-electron chi connectivity index (χ0n) is 11.1. The molecule has 6 heteroatoms. The van der Waals surface area contributed by atoms with E-state index in [4.69, 9.17) is 0 Å². The molecule has 1 saturated heterocycles. The Hall–Kier alpha value is -1.07. The summed E-state index contributed by atoms with van der Waals surface area (Å²) in [6.07, 6.45) is 0.390. The maximum atomic E-state index is 12.2. The van der Waals surface area contributed by atoms with Gasteiger partial charge in [-0.1, -0.05) is 0 Å². The Labute approximate surface area is 114 Å². The minimum atomic E-state index is 0. The van der Waals surface area contributed by atoms with Crippen LogP contribution in [0.25, 0.3) is 0 Å². The molecule has 1 aromatic rings. The summed E-state index contributed by atoms with van der Waals surface area (Å²) in [6, 6.07) is 2.53. The first-order valence-corrected chi connectivity index (χ1v) is 6.11. The van der Waals surface area contributed by atoms with E-state index in [1.54, 1.807) is 0 Å². The highest BCUT2D eigenvalue weighted by Gasteiger charge is 2.28. The van der Waals surface area contributed by atoms with Gasteiger partial charge in [-0.25, -0.2) is 0 Å². The van der Waals surface area contributed by atoms with E-state index in [0.29, 0.717) is 12.5 Å². The van der Waals surface area contributed by atoms with E-state index in [2.05, 4.69) is 29.4 Å². The van der Waals surface area contributed by atoms with E-state index in [0.717, 1.165) is 24.5 Å². The lowest BCUT2D eigenvalue weighted by molar-refractivity contribution is -0.134. The second-order valence-electron chi connectivity index (χ2n) is 4.79. The van der Waals surface area contributed by atoms with Crippen LogP contribution in [-0.2, 0) is 11.2 Å². The highest BCUT2D eigenvalue weighted by Crippen LogP contribution is 2.11. The molecule has 1 amide bonds. The van der Waals surface area contributed by atoms with Gasteiger partial charge in [-0.2, -0.15) is 5.10 Å². The molecular formula is C12H21ClN4O. The van der Waals surface area contributed by atoms with Crippen molar-refractivity contribution in [2.24, 2.45) is 0 Å². The van der Waals surface area contributed by atoms with Crippen molar-refractivity contribution >= 4 is 18.3 Å². The third-order valence-electron chi connectivity index (χ3n) is 3.45. The second kappa shape index (κ2) is 6.20. The van der Waals surface area contributed by atoms with Crippen LogP contribution in [0.5, 0.6) is 0 Å². The number of halogens is 1. The molecule has 2 unspecified atom stereocenters. The molecule has 18 heavy (non-hydrogen) atoms. The van der Waals surface area contributed by atoms with E-state index >= 15 is 0 Å². The summed E-state index contributed by atoms with van der Waals surface area (Å²) in [4.78, 5) is 14.1. The van der Waals surface area contributed by atoms with Gasteiger partial charge in [0.1, 0.15) is 0 Å². The van der Waals surface area contributed by atoms with Crippen molar-refractivity contribution < 1.29 is 4.79 Å². The van der Waals surface area contributed by atoms with Crippen molar-refractivity contribution in [2.75, 3.05) is 13.1 Å². The van der Waals surface area contributed by atoms with E-state index < -0.39 is 0 Å². The SMILES string of the molecule is Cc1cc(CC(=O)N2CCNC(C)C2C)n[nH]1.Cl. The van der Waals surface area contributed by atoms with Gasteiger partial charge in [0.15, 0.2) is 0 Å². The molecule has 2 rings (SSSR count). The first-order valence-electron chi connectivity index (χ1n) is 6.11. The van der Waals surface area contributed by atoms with Gasteiger partial charge in [-0.05, 0) is 26.8 Å². The molecule has 0 aromatic carbocycles. The largest absolute Gasteiger partial charge is 0.337 e. The number of nitrogens with zero attached hydrogens (tertiary/aromatic N) is 2. The Bertz CT molecular complexity index is 407. The lowest BCUT2D eigenvalue weighted by atomic mass is 10.1. The fourth-order valence-corrected chi connectivity index (χ4v) is 2.23. The standard InChI is InChI=1S/C12H20N4O.ClH/c1-8-6-11(15-14-8)7-12(17)16-5-4-13-9(2)10(16)3;/h6,9-10,13H,4-5,7H2,1-3H3,(H,14,15);1H. The highest BCUT2D eigenvalue weighted by atomic mass is 35.5. The number of aromatic nitrogens is 2. The van der Waals surface area contributed by atoms with Crippen LogP contribution in [-0.4, -0.2) is 46.2 Å². The molecule has 0 saturated carbocycles. The quantitative estimate of drug-likeness (QED) is 0.841. The van der Waals surface area contributed by atoms with E-state index in [1.807, 2.05) is 17.9 Å². The summed E-state index contributed by atoms with van der Waals surface area (Å²) < 4.78 is 0. The number of rotatable bonds is 2. The fourth-order valence-electron chi connectivity index (χ4n) is 2.23. The molecule has 2 N–H and O–H groups in total. The van der Waals surface area contributed by atoms with Crippen molar-refractivity contribution in [1.29, 1.82) is 0 Å². The summed E-state index contributed by atoms with van der Waals surface area (Å²) in [7, 11) is 0. The lowest BCUT2D eigenvalue weighted by Gasteiger charge is -2.38. The van der Waals surface area contributed by atoms with Crippen LogP contribution in [0.4, 0.5) is 0 Å². The zero-order valence-corrected chi connectivity index (χ0v) is 11.9. The van der Waals surface area contributed by atoms with Crippen LogP contribution in [0.1, 0.15) is 25.2 Å². The van der Waals surface area contributed by atoms with E-state index in [-0.39, 0.29) is 24.4 Å². The molecule has 0 bridgehead atoms. The minimum absolute atomic E-state index is 0. The number of H-pyrrole nitrogens is 1. The smallest absolute Gasteiger partial charge is 0.228 e. The third kappa shape index (κ3) is 3.23. The number of carbonyl (C=O) groups excluding carboxylic acids is 1. The lowest BCUT2D eigenvalue weighted by Crippen LogP contribution is -2.57. The molecule has 0 spiro atoms. The summed E-state index contributed by atoms with van der Waals surface area (Å²) in [5.74, 6) is 0.164. The van der Waals surface area contributed by atoms with Gasteiger partial charge in [0, 0.05) is 30.9 Å². The van der Waals surface area contributed by atoms with Gasteiger partial charge < -0.3 is 10.2 Å². The Kier molecular flexibility index (Phi) is 5.16. The van der Waals surface area contributed by atoms with Gasteiger partial charge in [-0.3, -0.25) is 9.89 Å². The van der Waals surface area contributed by atoms with Crippen LogP contribution < -0.4 is 5.32 Å². The van der Waals surface area contributed by atoms with E-state index in [1.165, 1.54) is 0 Å². The van der Waals surface area contributed by atoms with Gasteiger partial charge >= 0.3 is 0 Å². The number of hydrogen-bond acceptors (Lipinski definition) is 3. The molecule has 1 aromatic heterocycles. The average molecular weight is 273 g/mol. The van der Waals surface area contributed by atoms with Crippen LogP contribution in [0.3, 0.4) is 0 Å². The first kappa shape index (κ1) is 15.0. The van der Waals surface area contributed by atoms with Crippen molar-refractivity contribution in [3.05, 3.63) is 17.5 Å². The van der Waals surface area contributed by atoms with Gasteiger partial charge in [0.25, 0.3) is 0 Å². The van der Waals surface area contributed by atoms with Gasteiger partial charge in [0.2, 0.25) is 5.91 Å². The van der Waals surface area contributed by atoms with E-state index in [9.17, 15) is 4.79 Å². The first-order chi connectivity index (χ1) is 8.08. The predicted octanol–water partition coefficient (Wildman–Crippen LogP) is 0.891. The predicted molar refractivity (Wildman–Crippen MR) is 72.9 cm³/mol. The summed E-state index contributed by atoms with van der Waals surface area (Å²) in [6.45, 7) is 7.80. The average Bonchev–Trinajstić information content (AvgIpc) is 2.68. The van der Waals surface area contributed by atoms with Crippen LogP contribution in [0.15, 0.2) is 6.07 Å². The summed E-state index contributed by atoms with van der Waals surface area (Å²) in [5, 5.41) is 10.3. The second-order valence-corrected chi connectivity index (χ2v) is 4.79. The monoisotopic (exact) mass is 272 g/mol. The third-order valence-corrected chi connectivity index (χ3v) is 3.45. The van der Waals surface area contributed by atoms with Crippen LogP contribution in [0.2, 0.25) is 0 Å².